The molecule has 2 N–H and O–H groups in total. The van der Waals surface area contributed by atoms with Crippen LogP contribution in [0.2, 0.25) is 5.02 Å². The monoisotopic (exact) mass is 396 g/mol. The molecule has 0 spiro atoms. The smallest absolute Gasteiger partial charge is 0.229 e. The highest BCUT2D eigenvalue weighted by atomic mass is 35.5. The van der Waals surface area contributed by atoms with E-state index in [4.69, 9.17) is 16.9 Å². The zero-order valence-corrected chi connectivity index (χ0v) is 17.0. The van der Waals surface area contributed by atoms with Gasteiger partial charge in [-0.25, -0.2) is 4.98 Å². The van der Waals surface area contributed by atoms with Crippen LogP contribution in [0.1, 0.15) is 45.1 Å². The van der Waals surface area contributed by atoms with E-state index in [-0.39, 0.29) is 5.54 Å². The van der Waals surface area contributed by atoms with Gasteiger partial charge in [-0.2, -0.15) is 10.2 Å². The van der Waals surface area contributed by atoms with E-state index in [1.54, 1.807) is 18.3 Å². The molecule has 6 nitrogen and oxygen atoms in total. The first kappa shape index (κ1) is 19.0. The molecule has 2 fully saturated rings. The summed E-state index contributed by atoms with van der Waals surface area (Å²) >= 11 is 6.38. The zero-order valence-electron chi connectivity index (χ0n) is 16.2. The van der Waals surface area contributed by atoms with Crippen LogP contribution in [0.5, 0.6) is 0 Å². The first-order chi connectivity index (χ1) is 13.4. The molecule has 3 heterocycles. The topological polar surface area (TPSA) is 76.9 Å². The van der Waals surface area contributed by atoms with Crippen molar-refractivity contribution in [3.05, 3.63) is 41.0 Å². The molecule has 2 aliphatic rings. The maximum Gasteiger partial charge on any atom is 0.229 e. The van der Waals surface area contributed by atoms with Gasteiger partial charge in [-0.05, 0) is 64.3 Å². The van der Waals surface area contributed by atoms with E-state index in [0.29, 0.717) is 34.4 Å². The number of anilines is 3. The van der Waals surface area contributed by atoms with Crippen LogP contribution in [-0.4, -0.2) is 39.0 Å². The second-order valence-corrected chi connectivity index (χ2v) is 8.70. The Labute approximate surface area is 170 Å². The Balaban J connectivity index is 1.50. The van der Waals surface area contributed by atoms with Crippen molar-refractivity contribution in [2.75, 3.05) is 17.2 Å². The van der Waals surface area contributed by atoms with Crippen molar-refractivity contribution in [1.82, 2.24) is 14.9 Å². The average molecular weight is 397 g/mol. The molecule has 7 heteroatoms. The van der Waals surface area contributed by atoms with E-state index in [2.05, 4.69) is 45.4 Å². The third-order valence-electron chi connectivity index (χ3n) is 5.79. The van der Waals surface area contributed by atoms with Gasteiger partial charge in [0, 0.05) is 23.3 Å². The normalized spacial score (nSPS) is 23.6. The lowest BCUT2D eigenvalue weighted by atomic mass is 9.84. The van der Waals surface area contributed by atoms with Gasteiger partial charge in [-0.3, -0.25) is 4.90 Å². The lowest BCUT2D eigenvalue weighted by Gasteiger charge is -2.47. The average Bonchev–Trinajstić information content (AvgIpc) is 3.14. The molecule has 0 amide bonds. The predicted molar refractivity (Wildman–Crippen MR) is 112 cm³/mol. The minimum Gasteiger partial charge on any atom is -0.366 e. The van der Waals surface area contributed by atoms with Gasteiger partial charge in [0.05, 0.1) is 17.8 Å². The molecular formula is C21H25ClN6. The summed E-state index contributed by atoms with van der Waals surface area (Å²) in [6, 6.07) is 10.3. The van der Waals surface area contributed by atoms with Crippen LogP contribution in [0.25, 0.3) is 0 Å². The maximum absolute atomic E-state index is 9.06. The summed E-state index contributed by atoms with van der Waals surface area (Å²) in [5.41, 5.74) is 1.53. The fourth-order valence-electron chi connectivity index (χ4n) is 4.64. The molecule has 0 saturated carbocycles. The number of piperidine rings is 1. The number of rotatable bonds is 4. The molecule has 2 aliphatic heterocycles. The first-order valence-electron chi connectivity index (χ1n) is 9.77. The standard InChI is InChI=1S/C21H25ClN6/c1-21(2)11-16(10-17-7-4-8-28(17)21)25-19-18(22)13-24-20(27-19)26-15-6-3-5-14(9-15)12-23/h3,5-6,9,13,16-17H,4,7-8,10-11H2,1-2H3,(H2,24,25,26,27)/t16-,17+/m1/s1. The fraction of sp³-hybridized carbons (Fsp3) is 0.476. The lowest BCUT2D eigenvalue weighted by Crippen LogP contribution is -2.55. The van der Waals surface area contributed by atoms with Crippen LogP contribution in [-0.2, 0) is 0 Å². The Morgan fingerprint density at radius 3 is 3.04 bits per heavy atom. The van der Waals surface area contributed by atoms with Crippen molar-refractivity contribution >= 4 is 29.1 Å². The molecule has 1 aromatic heterocycles. The van der Waals surface area contributed by atoms with Gasteiger partial charge in [0.15, 0.2) is 5.82 Å². The summed E-state index contributed by atoms with van der Waals surface area (Å²) in [5, 5.41) is 16.3. The third-order valence-corrected chi connectivity index (χ3v) is 6.07. The van der Waals surface area contributed by atoms with E-state index >= 15 is 0 Å². The number of fused-ring (bicyclic) bond motifs is 1. The van der Waals surface area contributed by atoms with E-state index in [1.165, 1.54) is 19.4 Å². The molecule has 0 unspecified atom stereocenters. The van der Waals surface area contributed by atoms with Gasteiger partial charge in [0.25, 0.3) is 0 Å². The minimum absolute atomic E-state index is 0.176. The van der Waals surface area contributed by atoms with Gasteiger partial charge >= 0.3 is 0 Å². The number of nitrogens with zero attached hydrogens (tertiary/aromatic N) is 4. The third kappa shape index (κ3) is 3.91. The minimum atomic E-state index is 0.176. The molecule has 0 aliphatic carbocycles. The van der Waals surface area contributed by atoms with Gasteiger partial charge in [-0.1, -0.05) is 17.7 Å². The van der Waals surface area contributed by atoms with Gasteiger partial charge < -0.3 is 10.6 Å². The molecule has 4 rings (SSSR count). The molecule has 146 valence electrons. The van der Waals surface area contributed by atoms with Crippen LogP contribution in [0, 0.1) is 11.3 Å². The van der Waals surface area contributed by atoms with E-state index in [0.717, 1.165) is 18.5 Å². The second-order valence-electron chi connectivity index (χ2n) is 8.29. The highest BCUT2D eigenvalue weighted by Crippen LogP contribution is 2.39. The highest BCUT2D eigenvalue weighted by molar-refractivity contribution is 6.32. The number of benzene rings is 1. The molecule has 0 radical (unpaired) electrons. The fourth-order valence-corrected chi connectivity index (χ4v) is 4.78. The van der Waals surface area contributed by atoms with Crippen LogP contribution in [0.4, 0.5) is 17.5 Å². The van der Waals surface area contributed by atoms with Crippen molar-refractivity contribution < 1.29 is 0 Å². The number of aromatic nitrogens is 2. The summed E-state index contributed by atoms with van der Waals surface area (Å²) in [4.78, 5) is 11.5. The molecule has 2 aromatic rings. The predicted octanol–water partition coefficient (Wildman–Crippen LogP) is 4.56. The summed E-state index contributed by atoms with van der Waals surface area (Å²) < 4.78 is 0. The summed E-state index contributed by atoms with van der Waals surface area (Å²) in [5.74, 6) is 1.11. The Kier molecular flexibility index (Phi) is 5.13. The van der Waals surface area contributed by atoms with Crippen LogP contribution >= 0.6 is 11.6 Å². The summed E-state index contributed by atoms with van der Waals surface area (Å²) in [6.45, 7) is 5.86. The number of halogens is 1. The van der Waals surface area contributed by atoms with Crippen molar-refractivity contribution in [3.8, 4) is 6.07 Å². The maximum atomic E-state index is 9.06. The van der Waals surface area contributed by atoms with Crippen LogP contribution in [0.15, 0.2) is 30.5 Å². The van der Waals surface area contributed by atoms with Gasteiger partial charge in [-0.15, -0.1) is 0 Å². The van der Waals surface area contributed by atoms with Crippen LogP contribution < -0.4 is 10.6 Å². The molecule has 2 saturated heterocycles. The Morgan fingerprint density at radius 1 is 1.36 bits per heavy atom. The van der Waals surface area contributed by atoms with Crippen molar-refractivity contribution in [2.24, 2.45) is 0 Å². The number of nitriles is 1. The number of hydrogen-bond donors (Lipinski definition) is 2. The number of nitrogens with one attached hydrogen (secondary N) is 2. The van der Waals surface area contributed by atoms with E-state index < -0.39 is 0 Å². The molecule has 0 bridgehead atoms. The second kappa shape index (κ2) is 7.57. The summed E-state index contributed by atoms with van der Waals surface area (Å²) in [7, 11) is 0. The molecular weight excluding hydrogens is 372 g/mol. The Hall–Kier alpha value is -2.36. The Morgan fingerprint density at radius 2 is 2.21 bits per heavy atom. The lowest BCUT2D eigenvalue weighted by molar-refractivity contribution is 0.0501. The SMILES string of the molecule is CC1(C)C[C@H](Nc2nc(Nc3cccc(C#N)c3)ncc2Cl)C[C@@H]2CCCN21. The van der Waals surface area contributed by atoms with Crippen molar-refractivity contribution in [2.45, 2.75) is 57.2 Å². The number of hydrogen-bond acceptors (Lipinski definition) is 6. The molecule has 28 heavy (non-hydrogen) atoms. The van der Waals surface area contributed by atoms with Crippen molar-refractivity contribution in [3.63, 3.8) is 0 Å². The molecule has 2 atom stereocenters. The van der Waals surface area contributed by atoms with E-state index in [1.807, 2.05) is 12.1 Å². The first-order valence-corrected chi connectivity index (χ1v) is 10.2. The van der Waals surface area contributed by atoms with Crippen LogP contribution in [0.3, 0.4) is 0 Å². The van der Waals surface area contributed by atoms with Crippen molar-refractivity contribution in [1.29, 1.82) is 5.26 Å². The molecule has 1 aromatic carbocycles. The quantitative estimate of drug-likeness (QED) is 0.788. The highest BCUT2D eigenvalue weighted by Gasteiger charge is 2.42. The zero-order chi connectivity index (χ0) is 19.7. The Bertz CT molecular complexity index is 906. The van der Waals surface area contributed by atoms with Gasteiger partial charge in [0.1, 0.15) is 5.02 Å². The largest absolute Gasteiger partial charge is 0.366 e. The van der Waals surface area contributed by atoms with Gasteiger partial charge in [0.2, 0.25) is 5.95 Å². The summed E-state index contributed by atoms with van der Waals surface area (Å²) in [6.07, 6.45) is 6.32. The van der Waals surface area contributed by atoms with E-state index in [9.17, 15) is 0 Å².